The van der Waals surface area contributed by atoms with E-state index in [4.69, 9.17) is 5.14 Å². The van der Waals surface area contributed by atoms with Crippen LogP contribution in [0.25, 0.3) is 0 Å². The van der Waals surface area contributed by atoms with Gasteiger partial charge in [0, 0.05) is 45.7 Å². The molecule has 1 saturated heterocycles. The molecule has 1 fully saturated rings. The quantitative estimate of drug-likeness (QED) is 0.567. The van der Waals surface area contributed by atoms with Gasteiger partial charge in [0.1, 0.15) is 0 Å². The smallest absolute Gasteiger partial charge is 0.238 e. The number of aryl methyl sites for hydroxylation is 1. The number of benzene rings is 2. The van der Waals surface area contributed by atoms with Gasteiger partial charge in [-0.3, -0.25) is 14.5 Å². The molecule has 0 spiro atoms. The summed E-state index contributed by atoms with van der Waals surface area (Å²) in [5.74, 6) is 0.127. The Hall–Kier alpha value is -2.75. The number of carbonyl (C=O) groups excluding carboxylic acids is 2. The Balaban J connectivity index is 1.31. The monoisotopic (exact) mass is 472 g/mol. The minimum absolute atomic E-state index is 0.0194. The van der Waals surface area contributed by atoms with E-state index in [2.05, 4.69) is 10.2 Å². The molecular weight excluding hydrogens is 440 g/mol. The number of nitrogens with two attached hydrogens (primary N) is 1. The first-order valence-electron chi connectivity index (χ1n) is 11.1. The molecule has 2 aromatic rings. The van der Waals surface area contributed by atoms with Crippen molar-refractivity contribution >= 4 is 21.8 Å². The fourth-order valence-electron chi connectivity index (χ4n) is 3.75. The molecule has 2 aromatic carbocycles. The molecule has 1 heterocycles. The van der Waals surface area contributed by atoms with Crippen molar-refractivity contribution in [2.24, 2.45) is 5.14 Å². The van der Waals surface area contributed by atoms with Crippen LogP contribution >= 0.6 is 0 Å². The van der Waals surface area contributed by atoms with Crippen LogP contribution in [-0.4, -0.2) is 69.3 Å². The highest BCUT2D eigenvalue weighted by atomic mass is 32.2. The van der Waals surface area contributed by atoms with Gasteiger partial charge in [-0.05, 0) is 36.6 Å². The number of piperazine rings is 1. The van der Waals surface area contributed by atoms with Crippen LogP contribution in [0.15, 0.2) is 53.4 Å². The molecule has 3 N–H and O–H groups in total. The molecule has 3 rings (SSSR count). The molecule has 178 valence electrons. The van der Waals surface area contributed by atoms with Crippen molar-refractivity contribution in [3.63, 3.8) is 0 Å². The highest BCUT2D eigenvalue weighted by Gasteiger charge is 2.21. The van der Waals surface area contributed by atoms with E-state index in [-0.39, 0.29) is 16.7 Å². The molecular formula is C24H32N4O4S. The number of carbonyl (C=O) groups is 2. The highest BCUT2D eigenvalue weighted by Crippen LogP contribution is 2.10. The summed E-state index contributed by atoms with van der Waals surface area (Å²) in [6.07, 6.45) is 1.44. The van der Waals surface area contributed by atoms with Gasteiger partial charge < -0.3 is 10.2 Å². The van der Waals surface area contributed by atoms with Gasteiger partial charge >= 0.3 is 0 Å². The average molecular weight is 473 g/mol. The second kappa shape index (κ2) is 11.4. The van der Waals surface area contributed by atoms with E-state index < -0.39 is 10.0 Å². The Labute approximate surface area is 195 Å². The molecule has 9 heteroatoms. The van der Waals surface area contributed by atoms with Crippen LogP contribution in [0.2, 0.25) is 0 Å². The van der Waals surface area contributed by atoms with Crippen LogP contribution in [0.5, 0.6) is 0 Å². The van der Waals surface area contributed by atoms with Crippen LogP contribution in [0, 0.1) is 6.92 Å². The summed E-state index contributed by atoms with van der Waals surface area (Å²) in [5, 5.41) is 7.99. The average Bonchev–Trinajstić information content (AvgIpc) is 2.79. The zero-order valence-electron chi connectivity index (χ0n) is 19.0. The van der Waals surface area contributed by atoms with Crippen molar-refractivity contribution in [3.05, 3.63) is 65.2 Å². The van der Waals surface area contributed by atoms with Gasteiger partial charge in [0.2, 0.25) is 21.8 Å². The lowest BCUT2D eigenvalue weighted by atomic mass is 10.1. The van der Waals surface area contributed by atoms with Gasteiger partial charge in [-0.1, -0.05) is 42.0 Å². The molecule has 0 unspecified atom stereocenters. The number of nitrogens with zero attached hydrogens (tertiary/aromatic N) is 2. The van der Waals surface area contributed by atoms with Crippen LogP contribution in [0.4, 0.5) is 0 Å². The Bertz CT molecular complexity index is 1040. The molecule has 8 nitrogen and oxygen atoms in total. The first kappa shape index (κ1) is 24.9. The number of rotatable bonds is 9. The van der Waals surface area contributed by atoms with Crippen LogP contribution in [0.1, 0.15) is 23.1 Å². The van der Waals surface area contributed by atoms with Gasteiger partial charge in [0.25, 0.3) is 0 Å². The molecule has 0 aliphatic carbocycles. The van der Waals surface area contributed by atoms with Crippen molar-refractivity contribution < 1.29 is 18.0 Å². The van der Waals surface area contributed by atoms with Crippen molar-refractivity contribution in [3.8, 4) is 0 Å². The first-order chi connectivity index (χ1) is 15.7. The van der Waals surface area contributed by atoms with Crippen molar-refractivity contribution in [1.29, 1.82) is 0 Å². The summed E-state index contributed by atoms with van der Waals surface area (Å²) in [5.41, 5.74) is 3.14. The first-order valence-corrected chi connectivity index (χ1v) is 12.7. The van der Waals surface area contributed by atoms with Gasteiger partial charge in [-0.25, -0.2) is 13.6 Å². The second-order valence-corrected chi connectivity index (χ2v) is 9.99. The molecule has 0 aromatic heterocycles. The summed E-state index contributed by atoms with van der Waals surface area (Å²) in [4.78, 5) is 28.9. The SMILES string of the molecule is Cc1ccc(CC(=O)N2CCN(CCC(=O)NCCc3ccc(S(N)(=O)=O)cc3)CC2)cc1. The number of hydrogen-bond donors (Lipinski definition) is 2. The third kappa shape index (κ3) is 7.96. The predicted molar refractivity (Wildman–Crippen MR) is 127 cm³/mol. The fraction of sp³-hybridized carbons (Fsp3) is 0.417. The Morgan fingerprint density at radius 2 is 1.55 bits per heavy atom. The van der Waals surface area contributed by atoms with E-state index in [0.717, 1.165) is 24.2 Å². The number of hydrogen-bond acceptors (Lipinski definition) is 5. The molecule has 0 radical (unpaired) electrons. The van der Waals surface area contributed by atoms with Crippen molar-refractivity contribution in [2.75, 3.05) is 39.3 Å². The normalized spacial score (nSPS) is 14.8. The number of amides is 2. The third-order valence-electron chi connectivity index (χ3n) is 5.84. The molecule has 0 saturated carbocycles. The van der Waals surface area contributed by atoms with Gasteiger partial charge in [0.05, 0.1) is 11.3 Å². The van der Waals surface area contributed by atoms with Crippen LogP contribution in [0.3, 0.4) is 0 Å². The van der Waals surface area contributed by atoms with Crippen molar-refractivity contribution in [1.82, 2.24) is 15.1 Å². The Morgan fingerprint density at radius 1 is 0.939 bits per heavy atom. The number of primary sulfonamides is 1. The highest BCUT2D eigenvalue weighted by molar-refractivity contribution is 7.89. The van der Waals surface area contributed by atoms with E-state index in [9.17, 15) is 18.0 Å². The lowest BCUT2D eigenvalue weighted by Crippen LogP contribution is -2.49. The van der Waals surface area contributed by atoms with Crippen molar-refractivity contribution in [2.45, 2.75) is 31.1 Å². The third-order valence-corrected chi connectivity index (χ3v) is 6.77. The summed E-state index contributed by atoms with van der Waals surface area (Å²) in [6.45, 7) is 6.07. The molecule has 0 bridgehead atoms. The minimum atomic E-state index is -3.69. The summed E-state index contributed by atoms with van der Waals surface area (Å²) >= 11 is 0. The van der Waals surface area contributed by atoms with Crippen LogP contribution in [-0.2, 0) is 32.5 Å². The number of sulfonamides is 1. The van der Waals surface area contributed by atoms with Gasteiger partial charge in [0.15, 0.2) is 0 Å². The van der Waals surface area contributed by atoms with E-state index in [1.54, 1.807) is 12.1 Å². The predicted octanol–water partition coefficient (Wildman–Crippen LogP) is 1.08. The maximum Gasteiger partial charge on any atom is 0.238 e. The molecule has 1 aliphatic heterocycles. The minimum Gasteiger partial charge on any atom is -0.356 e. The van der Waals surface area contributed by atoms with Crippen LogP contribution < -0.4 is 10.5 Å². The topological polar surface area (TPSA) is 113 Å². The zero-order valence-corrected chi connectivity index (χ0v) is 19.8. The molecule has 0 atom stereocenters. The molecule has 1 aliphatic rings. The second-order valence-electron chi connectivity index (χ2n) is 8.42. The van der Waals surface area contributed by atoms with E-state index in [1.807, 2.05) is 36.1 Å². The Kier molecular flexibility index (Phi) is 8.60. The van der Waals surface area contributed by atoms with E-state index in [0.29, 0.717) is 45.4 Å². The summed E-state index contributed by atoms with van der Waals surface area (Å²) in [6, 6.07) is 14.4. The standard InChI is InChI=1S/C24H32N4O4S/c1-19-2-4-21(5-3-19)18-24(30)28-16-14-27(15-17-28)13-11-23(29)26-12-10-20-6-8-22(9-7-20)33(25,31)32/h2-9H,10-18H2,1H3,(H,26,29)(H2,25,31,32). The molecule has 2 amide bonds. The fourth-order valence-corrected chi connectivity index (χ4v) is 4.27. The maximum absolute atomic E-state index is 12.5. The molecule has 33 heavy (non-hydrogen) atoms. The summed E-state index contributed by atoms with van der Waals surface area (Å²) < 4.78 is 22.6. The number of nitrogens with one attached hydrogen (secondary N) is 1. The largest absolute Gasteiger partial charge is 0.356 e. The van der Waals surface area contributed by atoms with Gasteiger partial charge in [-0.2, -0.15) is 0 Å². The van der Waals surface area contributed by atoms with E-state index in [1.165, 1.54) is 17.7 Å². The lowest BCUT2D eigenvalue weighted by Gasteiger charge is -2.34. The maximum atomic E-state index is 12.5. The lowest BCUT2D eigenvalue weighted by molar-refractivity contribution is -0.132. The van der Waals surface area contributed by atoms with E-state index >= 15 is 0 Å². The van der Waals surface area contributed by atoms with Gasteiger partial charge in [-0.15, -0.1) is 0 Å². The summed E-state index contributed by atoms with van der Waals surface area (Å²) in [7, 11) is -3.69. The zero-order chi connectivity index (χ0) is 23.8. The Morgan fingerprint density at radius 3 is 2.15 bits per heavy atom.